The van der Waals surface area contributed by atoms with Gasteiger partial charge < -0.3 is 16.4 Å². The molecule has 1 fully saturated rings. The second kappa shape index (κ2) is 5.30. The van der Waals surface area contributed by atoms with E-state index in [9.17, 15) is 13.7 Å². The van der Waals surface area contributed by atoms with Crippen LogP contribution in [0.15, 0.2) is 0 Å². The van der Waals surface area contributed by atoms with Crippen LogP contribution in [0.25, 0.3) is 0 Å². The van der Waals surface area contributed by atoms with Crippen LogP contribution in [0, 0.1) is 11.3 Å². The summed E-state index contributed by atoms with van der Waals surface area (Å²) in [5, 5.41) is 13.5. The number of rotatable bonds is 4. The zero-order valence-electron chi connectivity index (χ0n) is 11.3. The number of nitrogen functional groups attached to an aromatic ring is 1. The third-order valence-electron chi connectivity index (χ3n) is 3.28. The molecule has 1 aromatic rings. The van der Waals surface area contributed by atoms with Gasteiger partial charge in [0.2, 0.25) is 0 Å². The quantitative estimate of drug-likeness (QED) is 0.722. The fraction of sp³-hybridized carbons (Fsp3) is 0.636. The van der Waals surface area contributed by atoms with Crippen molar-refractivity contribution in [2.75, 3.05) is 35.7 Å². The molecule has 1 atom stereocenters. The van der Waals surface area contributed by atoms with Crippen molar-refractivity contribution in [3.8, 4) is 6.07 Å². The van der Waals surface area contributed by atoms with Crippen LogP contribution in [-0.2, 0) is 16.4 Å². The molecular formula is C11H18N6O2S. The van der Waals surface area contributed by atoms with Crippen molar-refractivity contribution in [2.45, 2.75) is 19.0 Å². The normalized spacial score (nSPS) is 19.2. The summed E-state index contributed by atoms with van der Waals surface area (Å²) in [5.41, 5.74) is 12.0. The Bertz CT molecular complexity index is 645. The molecule has 0 spiro atoms. The average Bonchev–Trinajstić information content (AvgIpc) is 2.90. The van der Waals surface area contributed by atoms with E-state index in [1.807, 2.05) is 11.0 Å². The summed E-state index contributed by atoms with van der Waals surface area (Å²) < 4.78 is 23.8. The van der Waals surface area contributed by atoms with Gasteiger partial charge in [-0.2, -0.15) is 10.4 Å². The van der Waals surface area contributed by atoms with Gasteiger partial charge in [-0.3, -0.25) is 0 Å². The molecule has 2 heterocycles. The number of aromatic nitrogens is 2. The minimum absolute atomic E-state index is 0.0592. The zero-order valence-corrected chi connectivity index (χ0v) is 12.1. The van der Waals surface area contributed by atoms with Crippen molar-refractivity contribution in [3.05, 3.63) is 5.56 Å². The van der Waals surface area contributed by atoms with E-state index in [2.05, 4.69) is 5.10 Å². The molecule has 0 radical (unpaired) electrons. The number of hydrogen-bond acceptors (Lipinski definition) is 7. The highest BCUT2D eigenvalue weighted by molar-refractivity contribution is 7.90. The first-order valence-corrected chi connectivity index (χ1v) is 8.32. The number of nitriles is 1. The van der Waals surface area contributed by atoms with Crippen molar-refractivity contribution in [3.63, 3.8) is 0 Å². The molecule has 0 aliphatic carbocycles. The van der Waals surface area contributed by atoms with E-state index in [4.69, 9.17) is 11.5 Å². The highest BCUT2D eigenvalue weighted by Gasteiger charge is 2.26. The maximum absolute atomic E-state index is 11.2. The highest BCUT2D eigenvalue weighted by atomic mass is 32.2. The van der Waals surface area contributed by atoms with Gasteiger partial charge in [0.05, 0.1) is 12.3 Å². The predicted octanol–water partition coefficient (Wildman–Crippen LogP) is -1.08. The van der Waals surface area contributed by atoms with Crippen LogP contribution in [0.3, 0.4) is 0 Å². The standard InChI is InChI=1S/C11H18N6O2S/c1-20(18,19)5-4-17-10(14)9(6-12)11(15-17)16-3-2-8(13)7-16/h8H,2-5,7,13-14H2,1H3. The Hall–Kier alpha value is -1.79. The summed E-state index contributed by atoms with van der Waals surface area (Å²) in [6.45, 7) is 1.48. The molecule has 1 saturated heterocycles. The molecule has 2 rings (SSSR count). The Morgan fingerprint density at radius 1 is 1.55 bits per heavy atom. The first kappa shape index (κ1) is 14.6. The number of nitrogens with zero attached hydrogens (tertiary/aromatic N) is 4. The van der Waals surface area contributed by atoms with Gasteiger partial charge in [-0.15, -0.1) is 0 Å². The van der Waals surface area contributed by atoms with Crippen molar-refractivity contribution >= 4 is 21.5 Å². The predicted molar refractivity (Wildman–Crippen MR) is 75.9 cm³/mol. The van der Waals surface area contributed by atoms with Crippen LogP contribution in [0.2, 0.25) is 0 Å². The minimum atomic E-state index is -3.11. The molecule has 4 N–H and O–H groups in total. The molecule has 1 aromatic heterocycles. The molecule has 110 valence electrons. The van der Waals surface area contributed by atoms with E-state index in [0.29, 0.717) is 12.4 Å². The number of aryl methyl sites for hydroxylation is 1. The molecule has 1 unspecified atom stereocenters. The molecule has 1 aliphatic rings. The van der Waals surface area contributed by atoms with E-state index in [1.54, 1.807) is 0 Å². The van der Waals surface area contributed by atoms with Gasteiger partial charge in [0.15, 0.2) is 5.82 Å². The van der Waals surface area contributed by atoms with E-state index < -0.39 is 9.84 Å². The molecular weight excluding hydrogens is 280 g/mol. The summed E-state index contributed by atoms with van der Waals surface area (Å²) in [5.74, 6) is 0.626. The lowest BCUT2D eigenvalue weighted by atomic mass is 10.3. The Morgan fingerprint density at radius 3 is 2.75 bits per heavy atom. The van der Waals surface area contributed by atoms with Crippen molar-refractivity contribution in [2.24, 2.45) is 5.73 Å². The molecule has 0 saturated carbocycles. The first-order chi connectivity index (χ1) is 9.31. The largest absolute Gasteiger partial charge is 0.383 e. The van der Waals surface area contributed by atoms with E-state index >= 15 is 0 Å². The van der Waals surface area contributed by atoms with Crippen LogP contribution < -0.4 is 16.4 Å². The fourth-order valence-corrected chi connectivity index (χ4v) is 2.70. The van der Waals surface area contributed by atoms with Gasteiger partial charge in [-0.1, -0.05) is 0 Å². The second-order valence-corrected chi connectivity index (χ2v) is 7.30. The SMILES string of the molecule is CS(=O)(=O)CCn1nc(N2CCC(N)C2)c(C#N)c1N. The van der Waals surface area contributed by atoms with Crippen molar-refractivity contribution in [1.29, 1.82) is 5.26 Å². The lowest BCUT2D eigenvalue weighted by molar-refractivity contribution is 0.587. The molecule has 0 amide bonds. The Morgan fingerprint density at radius 2 is 2.25 bits per heavy atom. The van der Waals surface area contributed by atoms with Crippen LogP contribution in [-0.4, -0.2) is 49.3 Å². The van der Waals surface area contributed by atoms with Crippen LogP contribution >= 0.6 is 0 Å². The highest BCUT2D eigenvalue weighted by Crippen LogP contribution is 2.27. The second-order valence-electron chi connectivity index (χ2n) is 5.04. The maximum atomic E-state index is 11.2. The lowest BCUT2D eigenvalue weighted by Gasteiger charge is -2.14. The van der Waals surface area contributed by atoms with Gasteiger partial charge in [-0.25, -0.2) is 13.1 Å². The average molecular weight is 298 g/mol. The Kier molecular flexibility index (Phi) is 3.87. The van der Waals surface area contributed by atoms with E-state index in [0.717, 1.165) is 19.2 Å². The molecule has 8 nitrogen and oxygen atoms in total. The first-order valence-electron chi connectivity index (χ1n) is 6.26. The van der Waals surface area contributed by atoms with Crippen molar-refractivity contribution < 1.29 is 8.42 Å². The van der Waals surface area contributed by atoms with Gasteiger partial charge in [0.1, 0.15) is 27.3 Å². The number of anilines is 2. The van der Waals surface area contributed by atoms with Crippen LogP contribution in [0.4, 0.5) is 11.6 Å². The molecule has 9 heteroatoms. The monoisotopic (exact) mass is 298 g/mol. The number of sulfone groups is 1. The number of nitrogens with two attached hydrogens (primary N) is 2. The van der Waals surface area contributed by atoms with Gasteiger partial charge >= 0.3 is 0 Å². The topological polar surface area (TPSA) is 131 Å². The van der Waals surface area contributed by atoms with E-state index in [-0.39, 0.29) is 29.7 Å². The van der Waals surface area contributed by atoms with Crippen LogP contribution in [0.1, 0.15) is 12.0 Å². The Labute approximate surface area is 117 Å². The minimum Gasteiger partial charge on any atom is -0.383 e. The van der Waals surface area contributed by atoms with Crippen molar-refractivity contribution in [1.82, 2.24) is 9.78 Å². The summed E-state index contributed by atoms with van der Waals surface area (Å²) in [6, 6.07) is 2.09. The maximum Gasteiger partial charge on any atom is 0.170 e. The van der Waals surface area contributed by atoms with Gasteiger partial charge in [0, 0.05) is 25.4 Å². The third kappa shape index (κ3) is 3.02. The fourth-order valence-electron chi connectivity index (χ4n) is 2.19. The summed E-state index contributed by atoms with van der Waals surface area (Å²) in [7, 11) is -3.11. The van der Waals surface area contributed by atoms with Gasteiger partial charge in [0.25, 0.3) is 0 Å². The third-order valence-corrected chi connectivity index (χ3v) is 4.21. The molecule has 20 heavy (non-hydrogen) atoms. The van der Waals surface area contributed by atoms with E-state index in [1.165, 1.54) is 4.68 Å². The zero-order chi connectivity index (χ0) is 14.9. The Balaban J connectivity index is 2.27. The summed E-state index contributed by atoms with van der Waals surface area (Å²) in [4.78, 5) is 1.91. The smallest absolute Gasteiger partial charge is 0.170 e. The van der Waals surface area contributed by atoms with Crippen LogP contribution in [0.5, 0.6) is 0 Å². The van der Waals surface area contributed by atoms with Gasteiger partial charge in [-0.05, 0) is 6.42 Å². The number of hydrogen-bond donors (Lipinski definition) is 2. The molecule has 0 aromatic carbocycles. The summed E-state index contributed by atoms with van der Waals surface area (Å²) in [6.07, 6.45) is 1.99. The lowest BCUT2D eigenvalue weighted by Crippen LogP contribution is -2.27. The molecule has 1 aliphatic heterocycles. The summed E-state index contributed by atoms with van der Waals surface area (Å²) >= 11 is 0. The molecule has 0 bridgehead atoms.